The van der Waals surface area contributed by atoms with E-state index in [1.54, 1.807) is 12.4 Å². The average molecular weight is 247 g/mol. The summed E-state index contributed by atoms with van der Waals surface area (Å²) in [5.74, 6) is 0.245. The van der Waals surface area contributed by atoms with Gasteiger partial charge in [-0.25, -0.2) is 4.79 Å². The molecule has 2 rings (SSSR count). The number of carbonyl (C=O) groups is 1. The Balaban J connectivity index is 2.19. The van der Waals surface area contributed by atoms with E-state index in [1.165, 1.54) is 5.57 Å². The molecule has 0 bridgehead atoms. The van der Waals surface area contributed by atoms with Crippen LogP contribution in [0.4, 0.5) is 10.5 Å². The molecule has 5 heteroatoms. The standard InChI is InChI=1S/C13H17N3O2/c1-8-4-9(6-10(5-8)16-13(17)18)11-2-3-15-7-12(11)14/h2-3,5,7,9-10,16H,4,6,14H2,1H3,(H,17,18)/t9-,10-/m0/s1. The molecule has 0 aliphatic heterocycles. The number of nitrogens with zero attached hydrogens (tertiary/aromatic N) is 1. The zero-order valence-electron chi connectivity index (χ0n) is 10.3. The number of hydrogen-bond donors (Lipinski definition) is 3. The van der Waals surface area contributed by atoms with Crippen molar-refractivity contribution in [2.45, 2.75) is 31.7 Å². The summed E-state index contributed by atoms with van der Waals surface area (Å²) in [6, 6.07) is 1.77. The Labute approximate surface area is 106 Å². The van der Waals surface area contributed by atoms with Crippen LogP contribution >= 0.6 is 0 Å². The highest BCUT2D eigenvalue weighted by Crippen LogP contribution is 2.35. The molecule has 0 unspecified atom stereocenters. The highest BCUT2D eigenvalue weighted by atomic mass is 16.4. The maximum atomic E-state index is 10.7. The Bertz CT molecular complexity index is 485. The van der Waals surface area contributed by atoms with Crippen LogP contribution in [0.5, 0.6) is 0 Å². The van der Waals surface area contributed by atoms with Gasteiger partial charge in [0.05, 0.1) is 17.9 Å². The van der Waals surface area contributed by atoms with Crippen LogP contribution in [0.15, 0.2) is 30.1 Å². The first-order valence-electron chi connectivity index (χ1n) is 5.92. The minimum Gasteiger partial charge on any atom is -0.465 e. The highest BCUT2D eigenvalue weighted by molar-refractivity contribution is 5.65. The minimum absolute atomic E-state index is 0.145. The molecule has 1 amide bonds. The molecular weight excluding hydrogens is 230 g/mol. The van der Waals surface area contributed by atoms with Gasteiger partial charge in [-0.1, -0.05) is 11.6 Å². The number of allylic oxidation sites excluding steroid dienone is 1. The number of amides is 1. The molecule has 2 atom stereocenters. The van der Waals surface area contributed by atoms with E-state index < -0.39 is 6.09 Å². The van der Waals surface area contributed by atoms with Crippen LogP contribution in [0.2, 0.25) is 0 Å². The maximum absolute atomic E-state index is 10.7. The molecule has 1 aliphatic rings. The van der Waals surface area contributed by atoms with Crippen LogP contribution in [0, 0.1) is 0 Å². The van der Waals surface area contributed by atoms with Gasteiger partial charge in [0, 0.05) is 6.20 Å². The lowest BCUT2D eigenvalue weighted by molar-refractivity contribution is 0.190. The molecule has 5 nitrogen and oxygen atoms in total. The molecule has 96 valence electrons. The van der Waals surface area contributed by atoms with Crippen molar-refractivity contribution in [2.24, 2.45) is 0 Å². The molecule has 0 fully saturated rings. The molecule has 4 N–H and O–H groups in total. The molecule has 1 aromatic heterocycles. The summed E-state index contributed by atoms with van der Waals surface area (Å²) >= 11 is 0. The van der Waals surface area contributed by atoms with Crippen molar-refractivity contribution >= 4 is 11.8 Å². The van der Waals surface area contributed by atoms with Crippen molar-refractivity contribution in [1.82, 2.24) is 10.3 Å². The lowest BCUT2D eigenvalue weighted by Crippen LogP contribution is -2.35. The van der Waals surface area contributed by atoms with Gasteiger partial charge in [0.25, 0.3) is 0 Å². The largest absolute Gasteiger partial charge is 0.465 e. The molecule has 0 radical (unpaired) electrons. The number of pyridine rings is 1. The van der Waals surface area contributed by atoms with Crippen molar-refractivity contribution < 1.29 is 9.90 Å². The third-order valence-electron chi connectivity index (χ3n) is 3.23. The van der Waals surface area contributed by atoms with Gasteiger partial charge in [-0.15, -0.1) is 0 Å². The number of hydrogen-bond acceptors (Lipinski definition) is 3. The summed E-state index contributed by atoms with van der Waals surface area (Å²) < 4.78 is 0. The molecule has 0 spiro atoms. The summed E-state index contributed by atoms with van der Waals surface area (Å²) in [7, 11) is 0. The van der Waals surface area contributed by atoms with Crippen LogP contribution in [0.1, 0.15) is 31.2 Å². The lowest BCUT2D eigenvalue weighted by Gasteiger charge is -2.28. The van der Waals surface area contributed by atoms with Crippen molar-refractivity contribution in [2.75, 3.05) is 5.73 Å². The van der Waals surface area contributed by atoms with Gasteiger partial charge in [-0.3, -0.25) is 4.98 Å². The summed E-state index contributed by atoms with van der Waals surface area (Å²) in [5, 5.41) is 11.3. The first-order chi connectivity index (χ1) is 8.56. The number of nitrogens with one attached hydrogen (secondary N) is 1. The van der Waals surface area contributed by atoms with Crippen LogP contribution in [0.3, 0.4) is 0 Å². The molecule has 1 heterocycles. The quantitative estimate of drug-likeness (QED) is 0.698. The number of nitrogens with two attached hydrogens (primary N) is 1. The fourth-order valence-electron chi connectivity index (χ4n) is 2.54. The molecule has 0 aromatic carbocycles. The summed E-state index contributed by atoms with van der Waals surface area (Å²) in [5.41, 5.74) is 8.83. The molecule has 18 heavy (non-hydrogen) atoms. The van der Waals surface area contributed by atoms with E-state index in [0.717, 1.165) is 18.4 Å². The van der Waals surface area contributed by atoms with Gasteiger partial charge in [0.2, 0.25) is 0 Å². The van der Waals surface area contributed by atoms with Crippen LogP contribution in [-0.4, -0.2) is 22.2 Å². The normalized spacial score (nSPS) is 23.3. The second kappa shape index (κ2) is 5.08. The average Bonchev–Trinajstić information content (AvgIpc) is 2.27. The molecule has 0 saturated heterocycles. The first-order valence-corrected chi connectivity index (χ1v) is 5.92. The summed E-state index contributed by atoms with van der Waals surface area (Å²) in [4.78, 5) is 14.7. The number of carboxylic acid groups (broad SMARTS) is 1. The van der Waals surface area contributed by atoms with Crippen molar-refractivity contribution in [3.63, 3.8) is 0 Å². The van der Waals surface area contributed by atoms with E-state index in [9.17, 15) is 4.79 Å². The Morgan fingerprint density at radius 2 is 2.39 bits per heavy atom. The SMILES string of the molecule is CC1=C[C@H](NC(=O)O)C[C@@H](c2ccncc2N)C1. The zero-order valence-corrected chi connectivity index (χ0v) is 10.3. The topological polar surface area (TPSA) is 88.2 Å². The van der Waals surface area contributed by atoms with Gasteiger partial charge in [-0.05, 0) is 37.3 Å². The highest BCUT2D eigenvalue weighted by Gasteiger charge is 2.24. The third-order valence-corrected chi connectivity index (χ3v) is 3.23. The monoisotopic (exact) mass is 247 g/mol. The van der Waals surface area contributed by atoms with Gasteiger partial charge >= 0.3 is 6.09 Å². The molecular formula is C13H17N3O2. The van der Waals surface area contributed by atoms with Crippen molar-refractivity contribution in [3.05, 3.63) is 35.7 Å². The molecule has 1 aliphatic carbocycles. The number of aromatic nitrogens is 1. The van der Waals surface area contributed by atoms with Gasteiger partial charge in [0.1, 0.15) is 0 Å². The van der Waals surface area contributed by atoms with E-state index in [4.69, 9.17) is 10.8 Å². The minimum atomic E-state index is -0.993. The van der Waals surface area contributed by atoms with E-state index in [-0.39, 0.29) is 12.0 Å². The van der Waals surface area contributed by atoms with Crippen molar-refractivity contribution in [1.29, 1.82) is 0 Å². The van der Waals surface area contributed by atoms with Gasteiger partial charge < -0.3 is 16.2 Å². The Morgan fingerprint density at radius 1 is 1.61 bits per heavy atom. The van der Waals surface area contributed by atoms with E-state index in [2.05, 4.69) is 10.3 Å². The van der Waals surface area contributed by atoms with Crippen LogP contribution in [0.25, 0.3) is 0 Å². The Kier molecular flexibility index (Phi) is 3.50. The second-order valence-electron chi connectivity index (χ2n) is 4.71. The fraction of sp³-hybridized carbons (Fsp3) is 0.385. The number of rotatable bonds is 2. The second-order valence-corrected chi connectivity index (χ2v) is 4.71. The van der Waals surface area contributed by atoms with Crippen LogP contribution in [-0.2, 0) is 0 Å². The number of nitrogen functional groups attached to an aromatic ring is 1. The zero-order chi connectivity index (χ0) is 13.1. The predicted molar refractivity (Wildman–Crippen MR) is 69.3 cm³/mol. The van der Waals surface area contributed by atoms with Crippen molar-refractivity contribution in [3.8, 4) is 0 Å². The summed E-state index contributed by atoms with van der Waals surface area (Å²) in [6.45, 7) is 2.01. The van der Waals surface area contributed by atoms with Crippen LogP contribution < -0.4 is 11.1 Å². The predicted octanol–water partition coefficient (Wildman–Crippen LogP) is 2.12. The summed E-state index contributed by atoms with van der Waals surface area (Å²) in [6.07, 6.45) is 5.99. The molecule has 0 saturated carbocycles. The number of anilines is 1. The Morgan fingerprint density at radius 3 is 3.06 bits per heavy atom. The first kappa shape index (κ1) is 12.4. The Hall–Kier alpha value is -2.04. The van der Waals surface area contributed by atoms with E-state index in [1.807, 2.05) is 19.1 Å². The van der Waals surface area contributed by atoms with E-state index in [0.29, 0.717) is 5.69 Å². The third kappa shape index (κ3) is 2.80. The van der Waals surface area contributed by atoms with Gasteiger partial charge in [-0.2, -0.15) is 0 Å². The molecule has 1 aromatic rings. The van der Waals surface area contributed by atoms with Gasteiger partial charge in [0.15, 0.2) is 0 Å². The lowest BCUT2D eigenvalue weighted by atomic mass is 9.82. The fourth-order valence-corrected chi connectivity index (χ4v) is 2.54. The maximum Gasteiger partial charge on any atom is 0.405 e. The smallest absolute Gasteiger partial charge is 0.405 e. The van der Waals surface area contributed by atoms with E-state index >= 15 is 0 Å².